The van der Waals surface area contributed by atoms with E-state index < -0.39 is 5.60 Å². The lowest BCUT2D eigenvalue weighted by atomic mass is 9.70. The molecule has 2 aliphatic rings. The fraction of sp³-hybridized carbons (Fsp3) is 0.912. The molecular formula is C34H62N2O5. The Hall–Kier alpha value is -1.63. The van der Waals surface area contributed by atoms with E-state index in [9.17, 15) is 14.4 Å². The average Bonchev–Trinajstić information content (AvgIpc) is 2.75. The van der Waals surface area contributed by atoms with Crippen molar-refractivity contribution in [2.45, 2.75) is 134 Å². The summed E-state index contributed by atoms with van der Waals surface area (Å²) in [6.45, 7) is 28.7. The predicted octanol–water partition coefficient (Wildman–Crippen LogP) is 6.87. The Morgan fingerprint density at radius 1 is 0.659 bits per heavy atom. The zero-order valence-electron chi connectivity index (χ0n) is 28.6. The Morgan fingerprint density at radius 2 is 1.10 bits per heavy atom. The van der Waals surface area contributed by atoms with Crippen molar-refractivity contribution in [2.24, 2.45) is 27.1 Å². The first-order chi connectivity index (χ1) is 18.4. The third-order valence-electron chi connectivity index (χ3n) is 8.50. The number of rotatable bonds is 10. The number of carbonyl (C=O) groups is 3. The van der Waals surface area contributed by atoms with Gasteiger partial charge in [-0.25, -0.2) is 0 Å². The second kappa shape index (κ2) is 12.9. The van der Waals surface area contributed by atoms with E-state index in [1.54, 1.807) is 0 Å². The van der Waals surface area contributed by atoms with Crippen LogP contribution in [0.15, 0.2) is 0 Å². The molecule has 7 nitrogen and oxygen atoms in total. The van der Waals surface area contributed by atoms with Crippen LogP contribution in [-0.4, -0.2) is 72.6 Å². The minimum Gasteiger partial charge on any atom is -0.460 e. The molecule has 2 fully saturated rings. The standard InChI is InChI=1S/C34H62N2O5/c1-29(2,3)23-33(11,12)28(39)36-19-15-34(16-20-36)13-17-35(18-14-34)26(37)21-31(7,8)24-40-25-32(9,10)22-27(38)41-30(4,5)6/h13-25H2,1-12H3. The topological polar surface area (TPSA) is 76.2 Å². The second-order valence-corrected chi connectivity index (χ2v) is 17.6. The first-order valence-electron chi connectivity index (χ1n) is 15.8. The zero-order chi connectivity index (χ0) is 31.5. The first-order valence-corrected chi connectivity index (χ1v) is 15.8. The molecule has 0 saturated carbocycles. The highest BCUT2D eigenvalue weighted by atomic mass is 16.6. The summed E-state index contributed by atoms with van der Waals surface area (Å²) < 4.78 is 11.5. The molecule has 41 heavy (non-hydrogen) atoms. The molecule has 0 aromatic carbocycles. The predicted molar refractivity (Wildman–Crippen MR) is 165 cm³/mol. The molecule has 2 saturated heterocycles. The summed E-state index contributed by atoms with van der Waals surface area (Å²) >= 11 is 0. The number of hydrogen-bond donors (Lipinski definition) is 0. The smallest absolute Gasteiger partial charge is 0.306 e. The van der Waals surface area contributed by atoms with Gasteiger partial charge >= 0.3 is 5.97 Å². The molecule has 2 rings (SSSR count). The summed E-state index contributed by atoms with van der Waals surface area (Å²) in [4.78, 5) is 42.9. The molecule has 0 radical (unpaired) electrons. The quantitative estimate of drug-likeness (QED) is 0.264. The van der Waals surface area contributed by atoms with Crippen LogP contribution in [-0.2, 0) is 23.9 Å². The van der Waals surface area contributed by atoms with Gasteiger partial charge < -0.3 is 19.3 Å². The minimum atomic E-state index is -0.496. The summed E-state index contributed by atoms with van der Waals surface area (Å²) in [6.07, 6.45) is 5.71. The second-order valence-electron chi connectivity index (χ2n) is 17.6. The molecule has 0 bridgehead atoms. The maximum absolute atomic E-state index is 13.3. The molecule has 2 aliphatic heterocycles. The maximum Gasteiger partial charge on any atom is 0.306 e. The van der Waals surface area contributed by atoms with Crippen LogP contribution in [0, 0.1) is 27.1 Å². The number of likely N-dealkylation sites (tertiary alicyclic amines) is 2. The third-order valence-corrected chi connectivity index (χ3v) is 8.50. The number of amides is 2. The van der Waals surface area contributed by atoms with E-state index in [1.165, 1.54) is 0 Å². The zero-order valence-corrected chi connectivity index (χ0v) is 28.6. The van der Waals surface area contributed by atoms with E-state index in [0.29, 0.717) is 26.1 Å². The molecular weight excluding hydrogens is 516 g/mol. The Balaban J connectivity index is 1.78. The summed E-state index contributed by atoms with van der Waals surface area (Å²) in [5, 5.41) is 0. The SMILES string of the molecule is CC(C)(C)CC(C)(C)C(=O)N1CCC2(CCN(C(=O)CC(C)(C)COCC(C)(C)CC(=O)OC(C)(C)C)CC2)CC1. The summed E-state index contributed by atoms with van der Waals surface area (Å²) in [6, 6.07) is 0. The number of carbonyl (C=O) groups excluding carboxylic acids is 3. The molecule has 2 heterocycles. The Kier molecular flexibility index (Phi) is 11.2. The van der Waals surface area contributed by atoms with E-state index in [0.717, 1.165) is 58.3 Å². The van der Waals surface area contributed by atoms with Gasteiger partial charge in [0.25, 0.3) is 0 Å². The van der Waals surface area contributed by atoms with Gasteiger partial charge in [0.1, 0.15) is 5.60 Å². The van der Waals surface area contributed by atoms with Crippen molar-refractivity contribution in [1.82, 2.24) is 9.80 Å². The number of hydrogen-bond acceptors (Lipinski definition) is 5. The van der Waals surface area contributed by atoms with Crippen LogP contribution in [0.1, 0.15) is 128 Å². The number of esters is 1. The van der Waals surface area contributed by atoms with Crippen molar-refractivity contribution in [3.63, 3.8) is 0 Å². The van der Waals surface area contributed by atoms with Gasteiger partial charge in [-0.1, -0.05) is 62.3 Å². The summed E-state index contributed by atoms with van der Waals surface area (Å²) in [5.41, 5.74) is -1.10. The van der Waals surface area contributed by atoms with Gasteiger partial charge in [-0.05, 0) is 74.5 Å². The van der Waals surface area contributed by atoms with E-state index in [2.05, 4.69) is 53.4 Å². The van der Waals surface area contributed by atoms with Crippen LogP contribution >= 0.6 is 0 Å². The van der Waals surface area contributed by atoms with Crippen LogP contribution in [0.25, 0.3) is 0 Å². The molecule has 238 valence electrons. The Morgan fingerprint density at radius 3 is 1.54 bits per heavy atom. The monoisotopic (exact) mass is 578 g/mol. The van der Waals surface area contributed by atoms with E-state index >= 15 is 0 Å². The van der Waals surface area contributed by atoms with Crippen molar-refractivity contribution < 1.29 is 23.9 Å². The lowest BCUT2D eigenvalue weighted by Crippen LogP contribution is -2.52. The largest absolute Gasteiger partial charge is 0.460 e. The van der Waals surface area contributed by atoms with Crippen LogP contribution in [0.3, 0.4) is 0 Å². The maximum atomic E-state index is 13.3. The van der Waals surface area contributed by atoms with Gasteiger partial charge in [0, 0.05) is 38.0 Å². The molecule has 0 aromatic heterocycles. The average molecular weight is 579 g/mol. The highest BCUT2D eigenvalue weighted by Gasteiger charge is 2.43. The molecule has 0 aliphatic carbocycles. The van der Waals surface area contributed by atoms with Crippen LogP contribution in [0.2, 0.25) is 0 Å². The first kappa shape index (κ1) is 35.6. The Labute approximate surface area is 251 Å². The van der Waals surface area contributed by atoms with Crippen molar-refractivity contribution in [2.75, 3.05) is 39.4 Å². The fourth-order valence-corrected chi connectivity index (χ4v) is 6.74. The number of nitrogens with zero attached hydrogens (tertiary/aromatic N) is 2. The van der Waals surface area contributed by atoms with Gasteiger partial charge in [-0.2, -0.15) is 0 Å². The van der Waals surface area contributed by atoms with Gasteiger partial charge in [-0.15, -0.1) is 0 Å². The van der Waals surface area contributed by atoms with E-state index in [4.69, 9.17) is 9.47 Å². The lowest BCUT2D eigenvalue weighted by Gasteiger charge is -2.48. The number of ether oxygens (including phenoxy) is 2. The lowest BCUT2D eigenvalue weighted by molar-refractivity contribution is -0.158. The van der Waals surface area contributed by atoms with Crippen LogP contribution < -0.4 is 0 Å². The fourth-order valence-electron chi connectivity index (χ4n) is 6.74. The molecule has 2 amide bonds. The van der Waals surface area contributed by atoms with Crippen LogP contribution in [0.5, 0.6) is 0 Å². The molecule has 0 aromatic rings. The highest BCUT2D eigenvalue weighted by Crippen LogP contribution is 2.43. The van der Waals surface area contributed by atoms with Gasteiger partial charge in [-0.3, -0.25) is 14.4 Å². The van der Waals surface area contributed by atoms with E-state index in [-0.39, 0.29) is 44.9 Å². The third kappa shape index (κ3) is 11.9. The molecule has 0 unspecified atom stereocenters. The highest BCUT2D eigenvalue weighted by molar-refractivity contribution is 5.82. The molecule has 0 atom stereocenters. The molecule has 0 N–H and O–H groups in total. The molecule has 7 heteroatoms. The normalized spacial score (nSPS) is 18.9. The van der Waals surface area contributed by atoms with Gasteiger partial charge in [0.2, 0.25) is 11.8 Å². The van der Waals surface area contributed by atoms with Crippen molar-refractivity contribution in [3.05, 3.63) is 0 Å². The van der Waals surface area contributed by atoms with Crippen molar-refractivity contribution in [3.8, 4) is 0 Å². The molecule has 1 spiro atoms. The van der Waals surface area contributed by atoms with Crippen LogP contribution in [0.4, 0.5) is 0 Å². The van der Waals surface area contributed by atoms with Gasteiger partial charge in [0.05, 0.1) is 19.6 Å². The van der Waals surface area contributed by atoms with Crippen molar-refractivity contribution in [1.29, 1.82) is 0 Å². The number of piperidine rings is 2. The Bertz CT molecular complexity index is 904. The van der Waals surface area contributed by atoms with Gasteiger partial charge in [0.15, 0.2) is 0 Å². The van der Waals surface area contributed by atoms with E-state index in [1.807, 2.05) is 39.5 Å². The minimum absolute atomic E-state index is 0.120. The van der Waals surface area contributed by atoms with Crippen molar-refractivity contribution >= 4 is 17.8 Å². The summed E-state index contributed by atoms with van der Waals surface area (Å²) in [7, 11) is 0. The summed E-state index contributed by atoms with van der Waals surface area (Å²) in [5.74, 6) is 0.260.